The quantitative estimate of drug-likeness (QED) is 0.449. The minimum absolute atomic E-state index is 0.597. The predicted octanol–water partition coefficient (Wildman–Crippen LogP) is 2.39. The molecule has 1 aromatic heterocycles. The summed E-state index contributed by atoms with van der Waals surface area (Å²) in [5.74, 6) is -6.45. The van der Waals surface area contributed by atoms with E-state index in [2.05, 4.69) is 15.7 Å². The highest BCUT2D eigenvalue weighted by molar-refractivity contribution is 5.81. The van der Waals surface area contributed by atoms with Crippen molar-refractivity contribution >= 4 is 5.97 Å². The number of halogens is 4. The van der Waals surface area contributed by atoms with Gasteiger partial charge in [-0.05, 0) is 0 Å². The number of alkyl halides is 1. The van der Waals surface area contributed by atoms with Gasteiger partial charge in [0.25, 0.3) is 0 Å². The lowest BCUT2D eigenvalue weighted by atomic mass is 10.4. The van der Waals surface area contributed by atoms with Crippen molar-refractivity contribution in [2.75, 3.05) is 0 Å². The highest BCUT2D eigenvalue weighted by atomic mass is 19.2. The molecule has 3 nitrogen and oxygen atoms in total. The fourth-order valence-electron chi connectivity index (χ4n) is 0.730. The SMILES string of the molecule is C=CC(=O)OC(F)c1oc(F)c(F)c1F. The molecule has 1 aromatic rings. The molecule has 0 saturated heterocycles. The summed E-state index contributed by atoms with van der Waals surface area (Å²) >= 11 is 0. The number of carbonyl (C=O) groups is 1. The first-order valence-corrected chi connectivity index (χ1v) is 3.57. The van der Waals surface area contributed by atoms with Crippen molar-refractivity contribution in [3.05, 3.63) is 36.1 Å². The summed E-state index contributed by atoms with van der Waals surface area (Å²) in [6.45, 7) is 2.94. The molecule has 0 fully saturated rings. The lowest BCUT2D eigenvalue weighted by Crippen LogP contribution is -2.05. The Hall–Kier alpha value is -1.79. The van der Waals surface area contributed by atoms with Gasteiger partial charge < -0.3 is 9.15 Å². The molecular formula is C8H4F4O3. The second-order valence-electron chi connectivity index (χ2n) is 2.33. The van der Waals surface area contributed by atoms with Crippen LogP contribution < -0.4 is 0 Å². The molecule has 0 aromatic carbocycles. The Morgan fingerprint density at radius 2 is 2.00 bits per heavy atom. The summed E-state index contributed by atoms with van der Waals surface area (Å²) in [7, 11) is 0. The molecule has 0 radical (unpaired) electrons. The van der Waals surface area contributed by atoms with E-state index in [-0.39, 0.29) is 0 Å². The standard InChI is InChI=1S/C8H4F4O3/c1-2-3(13)14-8(12)6-4(9)5(10)7(11)15-6/h2,8H,1H2. The average molecular weight is 224 g/mol. The third kappa shape index (κ3) is 2.17. The number of hydrogen-bond acceptors (Lipinski definition) is 3. The van der Waals surface area contributed by atoms with Gasteiger partial charge in [0.15, 0.2) is 0 Å². The maximum absolute atomic E-state index is 12.9. The zero-order valence-electron chi connectivity index (χ0n) is 7.10. The molecule has 0 amide bonds. The smallest absolute Gasteiger partial charge is 0.333 e. The lowest BCUT2D eigenvalue weighted by Gasteiger charge is -2.04. The van der Waals surface area contributed by atoms with Crippen LogP contribution in [0.4, 0.5) is 17.6 Å². The van der Waals surface area contributed by atoms with Gasteiger partial charge in [-0.2, -0.15) is 17.6 Å². The second kappa shape index (κ2) is 4.16. The van der Waals surface area contributed by atoms with Crippen molar-refractivity contribution in [1.82, 2.24) is 0 Å². The highest BCUT2D eigenvalue weighted by Crippen LogP contribution is 2.27. The molecule has 0 aliphatic heterocycles. The largest absolute Gasteiger partial charge is 0.424 e. The molecule has 0 saturated carbocycles. The molecule has 0 spiro atoms. The fourth-order valence-corrected chi connectivity index (χ4v) is 0.730. The van der Waals surface area contributed by atoms with Crippen LogP contribution in [-0.2, 0) is 9.53 Å². The molecule has 0 N–H and O–H groups in total. The van der Waals surface area contributed by atoms with Gasteiger partial charge in [0.2, 0.25) is 17.4 Å². The number of hydrogen-bond donors (Lipinski definition) is 0. The monoisotopic (exact) mass is 224 g/mol. The molecular weight excluding hydrogens is 220 g/mol. The molecule has 0 aliphatic rings. The van der Waals surface area contributed by atoms with E-state index in [0.717, 1.165) is 0 Å². The lowest BCUT2D eigenvalue weighted by molar-refractivity contribution is -0.154. The van der Waals surface area contributed by atoms with E-state index in [1.54, 1.807) is 0 Å². The Kier molecular flexibility index (Phi) is 3.13. The molecule has 1 rings (SSSR count). The second-order valence-corrected chi connectivity index (χ2v) is 2.33. The summed E-state index contributed by atoms with van der Waals surface area (Å²) in [4.78, 5) is 10.5. The molecule has 0 aliphatic carbocycles. The van der Waals surface area contributed by atoms with Gasteiger partial charge in [-0.1, -0.05) is 6.58 Å². The molecule has 1 atom stereocenters. The fraction of sp³-hybridized carbons (Fsp3) is 0.125. The molecule has 1 unspecified atom stereocenters. The minimum atomic E-state index is -2.73. The van der Waals surface area contributed by atoms with Crippen molar-refractivity contribution in [2.45, 2.75) is 6.36 Å². The topological polar surface area (TPSA) is 39.4 Å². The Bertz CT molecular complexity index is 399. The van der Waals surface area contributed by atoms with E-state index in [0.29, 0.717) is 6.08 Å². The Morgan fingerprint density at radius 3 is 2.40 bits per heavy atom. The maximum atomic E-state index is 12.9. The third-order valence-corrected chi connectivity index (χ3v) is 1.37. The van der Waals surface area contributed by atoms with E-state index in [1.807, 2.05) is 0 Å². The van der Waals surface area contributed by atoms with Crippen LogP contribution >= 0.6 is 0 Å². The summed E-state index contributed by atoms with van der Waals surface area (Å²) in [5.41, 5.74) is 0. The predicted molar refractivity (Wildman–Crippen MR) is 38.7 cm³/mol. The van der Waals surface area contributed by atoms with Crippen LogP contribution in [-0.4, -0.2) is 5.97 Å². The minimum Gasteiger partial charge on any atom is -0.424 e. The molecule has 1 heterocycles. The maximum Gasteiger partial charge on any atom is 0.333 e. The van der Waals surface area contributed by atoms with Crippen LogP contribution in [0.3, 0.4) is 0 Å². The first-order valence-electron chi connectivity index (χ1n) is 3.57. The first kappa shape index (κ1) is 11.3. The van der Waals surface area contributed by atoms with Crippen LogP contribution in [0.5, 0.6) is 0 Å². The molecule has 0 bridgehead atoms. The number of ether oxygens (including phenoxy) is 1. The van der Waals surface area contributed by atoms with Gasteiger partial charge in [-0.25, -0.2) is 4.79 Å². The highest BCUT2D eigenvalue weighted by Gasteiger charge is 2.29. The zero-order chi connectivity index (χ0) is 11.6. The Balaban J connectivity index is 2.91. The number of rotatable bonds is 3. The molecule has 7 heteroatoms. The van der Waals surface area contributed by atoms with E-state index in [9.17, 15) is 22.4 Å². The van der Waals surface area contributed by atoms with E-state index in [1.165, 1.54) is 0 Å². The van der Waals surface area contributed by atoms with Gasteiger partial charge in [0.05, 0.1) is 0 Å². The van der Waals surface area contributed by atoms with Crippen LogP contribution in [0.1, 0.15) is 12.1 Å². The van der Waals surface area contributed by atoms with Gasteiger partial charge >= 0.3 is 18.3 Å². The number of carbonyl (C=O) groups excluding carboxylic acids is 1. The molecule has 15 heavy (non-hydrogen) atoms. The van der Waals surface area contributed by atoms with Crippen molar-refractivity contribution in [3.63, 3.8) is 0 Å². The first-order chi connectivity index (χ1) is 6.97. The van der Waals surface area contributed by atoms with Gasteiger partial charge in [-0.15, -0.1) is 0 Å². The van der Waals surface area contributed by atoms with Crippen LogP contribution in [0.15, 0.2) is 17.1 Å². The van der Waals surface area contributed by atoms with E-state index < -0.39 is 35.7 Å². The van der Waals surface area contributed by atoms with Gasteiger partial charge in [0.1, 0.15) is 0 Å². The third-order valence-electron chi connectivity index (χ3n) is 1.37. The van der Waals surface area contributed by atoms with Crippen LogP contribution in [0.25, 0.3) is 0 Å². The Morgan fingerprint density at radius 1 is 1.40 bits per heavy atom. The average Bonchev–Trinajstić information content (AvgIpc) is 2.45. The zero-order valence-corrected chi connectivity index (χ0v) is 7.10. The van der Waals surface area contributed by atoms with E-state index >= 15 is 0 Å². The van der Waals surface area contributed by atoms with Crippen molar-refractivity contribution < 1.29 is 31.5 Å². The van der Waals surface area contributed by atoms with Crippen LogP contribution in [0, 0.1) is 17.6 Å². The summed E-state index contributed by atoms with van der Waals surface area (Å²) in [6, 6.07) is -1.92. The summed E-state index contributed by atoms with van der Waals surface area (Å²) < 4.78 is 57.8. The van der Waals surface area contributed by atoms with Crippen LogP contribution in [0.2, 0.25) is 0 Å². The number of furan rings is 1. The summed E-state index contributed by atoms with van der Waals surface area (Å²) in [5, 5.41) is 0. The van der Waals surface area contributed by atoms with Crippen molar-refractivity contribution in [2.24, 2.45) is 0 Å². The number of esters is 1. The normalized spacial score (nSPS) is 12.3. The summed E-state index contributed by atoms with van der Waals surface area (Å²) in [6.07, 6.45) is -2.13. The molecule has 82 valence electrons. The Labute approximate surface area is 80.9 Å². The van der Waals surface area contributed by atoms with Crippen molar-refractivity contribution in [3.8, 4) is 0 Å². The van der Waals surface area contributed by atoms with E-state index in [4.69, 9.17) is 0 Å². The van der Waals surface area contributed by atoms with Gasteiger partial charge in [0, 0.05) is 6.08 Å². The van der Waals surface area contributed by atoms with Crippen molar-refractivity contribution in [1.29, 1.82) is 0 Å². The van der Waals surface area contributed by atoms with Gasteiger partial charge in [-0.3, -0.25) is 0 Å².